The van der Waals surface area contributed by atoms with Crippen LogP contribution in [0.5, 0.6) is 0 Å². The Kier molecular flexibility index (Phi) is 4.16. The molecule has 0 bridgehead atoms. The third-order valence-corrected chi connectivity index (χ3v) is 5.85. The minimum Gasteiger partial charge on any atom is -0.384 e. The number of nitrogen functional groups attached to an aromatic ring is 1. The molecule has 8 heteroatoms. The molecule has 0 saturated heterocycles. The first kappa shape index (κ1) is 17.0. The molecule has 6 nitrogen and oxygen atoms in total. The number of fused-ring (bicyclic) bond motifs is 2. The maximum atomic E-state index is 12.6. The Labute approximate surface area is 158 Å². The summed E-state index contributed by atoms with van der Waals surface area (Å²) in [6, 6.07) is 6.09. The van der Waals surface area contributed by atoms with Gasteiger partial charge in [-0.3, -0.25) is 9.79 Å². The van der Waals surface area contributed by atoms with Crippen LogP contribution in [0.15, 0.2) is 33.1 Å². The number of aryl methyl sites for hydroxylation is 1. The summed E-state index contributed by atoms with van der Waals surface area (Å²) in [5.74, 6) is 1.23. The third-order valence-electron chi connectivity index (χ3n) is 4.21. The summed E-state index contributed by atoms with van der Waals surface area (Å²) in [5, 5.41) is 0.755. The van der Waals surface area contributed by atoms with Gasteiger partial charge in [0.05, 0.1) is 11.3 Å². The number of nitrogens with zero attached hydrogens (tertiary/aromatic N) is 4. The highest BCUT2D eigenvalue weighted by Gasteiger charge is 2.21. The zero-order valence-corrected chi connectivity index (χ0v) is 16.2. The van der Waals surface area contributed by atoms with E-state index >= 15 is 0 Å². The first-order valence-corrected chi connectivity index (χ1v) is 9.94. The Morgan fingerprint density at radius 3 is 2.92 bits per heavy atom. The zero-order chi connectivity index (χ0) is 18.4. The first-order chi connectivity index (χ1) is 12.5. The molecule has 1 aliphatic rings. The van der Waals surface area contributed by atoms with E-state index in [0.717, 1.165) is 39.0 Å². The predicted octanol–water partition coefficient (Wildman–Crippen LogP) is 3.80. The van der Waals surface area contributed by atoms with Gasteiger partial charge in [-0.2, -0.15) is 9.36 Å². The molecule has 1 aromatic carbocycles. The van der Waals surface area contributed by atoms with Crippen molar-refractivity contribution in [2.75, 3.05) is 11.5 Å². The fourth-order valence-corrected chi connectivity index (χ4v) is 4.56. The van der Waals surface area contributed by atoms with Crippen LogP contribution < -0.4 is 11.3 Å². The SMILES string of the molecule is CCSc1nsc2nc(=O)c(/C=C3/C(C)=Nc4ccc(C)cc43)c(N)n12. The van der Waals surface area contributed by atoms with E-state index in [2.05, 4.69) is 20.4 Å². The number of rotatable bonds is 3. The van der Waals surface area contributed by atoms with Crippen LogP contribution in [0.2, 0.25) is 0 Å². The fraction of sp³-hybridized carbons (Fsp3) is 0.222. The highest BCUT2D eigenvalue weighted by atomic mass is 32.2. The summed E-state index contributed by atoms with van der Waals surface area (Å²) in [6.45, 7) is 6.02. The lowest BCUT2D eigenvalue weighted by Crippen LogP contribution is -2.16. The molecule has 3 heterocycles. The molecule has 0 saturated carbocycles. The van der Waals surface area contributed by atoms with Gasteiger partial charge in [-0.05, 0) is 37.8 Å². The number of benzene rings is 1. The number of thioether (sulfide) groups is 1. The van der Waals surface area contributed by atoms with Gasteiger partial charge in [0.2, 0.25) is 4.96 Å². The normalized spacial score (nSPS) is 14.9. The zero-order valence-electron chi connectivity index (χ0n) is 14.6. The van der Waals surface area contributed by atoms with Gasteiger partial charge in [-0.25, -0.2) is 4.40 Å². The predicted molar refractivity (Wildman–Crippen MR) is 110 cm³/mol. The third kappa shape index (κ3) is 2.65. The van der Waals surface area contributed by atoms with E-state index in [4.69, 9.17) is 5.73 Å². The van der Waals surface area contributed by atoms with Crippen LogP contribution in [0.3, 0.4) is 0 Å². The maximum Gasteiger partial charge on any atom is 0.283 e. The molecule has 1 aliphatic heterocycles. The molecule has 4 rings (SSSR count). The summed E-state index contributed by atoms with van der Waals surface area (Å²) in [7, 11) is 0. The minimum absolute atomic E-state index is 0.347. The number of anilines is 1. The Morgan fingerprint density at radius 2 is 2.15 bits per heavy atom. The van der Waals surface area contributed by atoms with Crippen LogP contribution >= 0.6 is 23.3 Å². The average molecular weight is 384 g/mol. The van der Waals surface area contributed by atoms with Crippen molar-refractivity contribution in [1.82, 2.24) is 13.8 Å². The minimum atomic E-state index is -0.347. The van der Waals surface area contributed by atoms with Crippen LogP contribution in [-0.4, -0.2) is 25.2 Å². The molecule has 2 aromatic heterocycles. The lowest BCUT2D eigenvalue weighted by atomic mass is 9.99. The summed E-state index contributed by atoms with van der Waals surface area (Å²) in [5.41, 5.74) is 11.2. The van der Waals surface area contributed by atoms with E-state index in [9.17, 15) is 4.79 Å². The molecular weight excluding hydrogens is 366 g/mol. The van der Waals surface area contributed by atoms with Crippen molar-refractivity contribution in [1.29, 1.82) is 0 Å². The first-order valence-electron chi connectivity index (χ1n) is 8.18. The van der Waals surface area contributed by atoms with Crippen LogP contribution in [0.25, 0.3) is 16.6 Å². The van der Waals surface area contributed by atoms with E-state index in [-0.39, 0.29) is 5.56 Å². The highest BCUT2D eigenvalue weighted by Crippen LogP contribution is 2.37. The van der Waals surface area contributed by atoms with Crippen LogP contribution in [-0.2, 0) is 0 Å². The monoisotopic (exact) mass is 383 g/mol. The van der Waals surface area contributed by atoms with Gasteiger partial charge in [0.15, 0.2) is 5.16 Å². The number of hydrogen-bond donors (Lipinski definition) is 1. The van der Waals surface area contributed by atoms with Crippen molar-refractivity contribution in [3.05, 3.63) is 45.2 Å². The van der Waals surface area contributed by atoms with Crippen molar-refractivity contribution in [2.45, 2.75) is 25.9 Å². The average Bonchev–Trinajstić information content (AvgIpc) is 3.13. The van der Waals surface area contributed by atoms with Crippen molar-refractivity contribution < 1.29 is 0 Å². The van der Waals surface area contributed by atoms with Crippen molar-refractivity contribution in [3.63, 3.8) is 0 Å². The smallest absolute Gasteiger partial charge is 0.283 e. The van der Waals surface area contributed by atoms with Crippen molar-refractivity contribution >= 4 is 57.1 Å². The maximum absolute atomic E-state index is 12.6. The fourth-order valence-electron chi connectivity index (χ4n) is 2.98. The lowest BCUT2D eigenvalue weighted by Gasteiger charge is -2.07. The largest absolute Gasteiger partial charge is 0.384 e. The number of aromatic nitrogens is 3. The standard InChI is InChI=1S/C18H17N5OS2/c1-4-25-18-22-26-17-21-16(24)13(15(19)23(17)18)8-11-10(3)20-14-6-5-9(2)7-12(11)14/h5-8H,4,19H2,1-3H3/b11-8-. The number of aliphatic imine (C=N–C) groups is 1. The molecule has 0 radical (unpaired) electrons. The molecule has 132 valence electrons. The van der Waals surface area contributed by atoms with E-state index < -0.39 is 0 Å². The summed E-state index contributed by atoms with van der Waals surface area (Å²) in [6.07, 6.45) is 1.80. The van der Waals surface area contributed by atoms with Crippen LogP contribution in [0.4, 0.5) is 11.5 Å². The summed E-state index contributed by atoms with van der Waals surface area (Å²) < 4.78 is 6.12. The molecule has 26 heavy (non-hydrogen) atoms. The van der Waals surface area contributed by atoms with Gasteiger partial charge >= 0.3 is 0 Å². The summed E-state index contributed by atoms with van der Waals surface area (Å²) in [4.78, 5) is 21.8. The van der Waals surface area contributed by atoms with E-state index in [1.165, 1.54) is 11.5 Å². The highest BCUT2D eigenvalue weighted by molar-refractivity contribution is 7.99. The Bertz CT molecular complexity index is 1160. The lowest BCUT2D eigenvalue weighted by molar-refractivity contribution is 0.951. The molecule has 0 amide bonds. The van der Waals surface area contributed by atoms with Crippen molar-refractivity contribution in [3.8, 4) is 0 Å². The molecule has 2 N–H and O–H groups in total. The van der Waals surface area contributed by atoms with E-state index in [0.29, 0.717) is 16.3 Å². The van der Waals surface area contributed by atoms with Crippen molar-refractivity contribution in [2.24, 2.45) is 4.99 Å². The topological polar surface area (TPSA) is 85.6 Å². The molecule has 0 aliphatic carbocycles. The van der Waals surface area contributed by atoms with Gasteiger partial charge in [0.1, 0.15) is 5.82 Å². The Morgan fingerprint density at radius 1 is 1.35 bits per heavy atom. The van der Waals surface area contributed by atoms with Crippen LogP contribution in [0.1, 0.15) is 30.5 Å². The summed E-state index contributed by atoms with van der Waals surface area (Å²) >= 11 is 2.75. The van der Waals surface area contributed by atoms with Gasteiger partial charge in [0, 0.05) is 28.4 Å². The number of nitrogens with two attached hydrogens (primary N) is 1. The van der Waals surface area contributed by atoms with E-state index in [1.54, 1.807) is 22.2 Å². The quantitative estimate of drug-likeness (QED) is 0.695. The van der Waals surface area contributed by atoms with Crippen LogP contribution in [0, 0.1) is 6.92 Å². The molecule has 0 atom stereocenters. The molecule has 3 aromatic rings. The second-order valence-electron chi connectivity index (χ2n) is 6.01. The number of hydrogen-bond acceptors (Lipinski definition) is 7. The molecule has 0 spiro atoms. The van der Waals surface area contributed by atoms with Gasteiger partial charge in [0.25, 0.3) is 5.56 Å². The Balaban J connectivity index is 1.95. The molecular formula is C18H17N5OS2. The van der Waals surface area contributed by atoms with Gasteiger partial charge < -0.3 is 5.73 Å². The second kappa shape index (κ2) is 6.37. The van der Waals surface area contributed by atoms with Gasteiger partial charge in [-0.1, -0.05) is 30.3 Å². The Hall–Kier alpha value is -2.45. The van der Waals surface area contributed by atoms with E-state index in [1.807, 2.05) is 32.9 Å². The molecule has 0 fully saturated rings. The molecule has 0 unspecified atom stereocenters. The van der Waals surface area contributed by atoms with Gasteiger partial charge in [-0.15, -0.1) is 0 Å². The second-order valence-corrected chi connectivity index (χ2v) is 7.97. The number of allylic oxidation sites excluding steroid dienone is 1.